The first-order valence-corrected chi connectivity index (χ1v) is 5.81. The molecule has 17 heavy (non-hydrogen) atoms. The molecular weight excluding hydrogens is 220 g/mol. The molecule has 2 amide bonds. The molecule has 1 atom stereocenters. The highest BCUT2D eigenvalue weighted by molar-refractivity contribution is 5.89. The van der Waals surface area contributed by atoms with Crippen LogP contribution < -0.4 is 5.32 Å². The molecule has 5 nitrogen and oxygen atoms in total. The Morgan fingerprint density at radius 3 is 2.94 bits per heavy atom. The molecule has 1 heterocycles. The number of carbonyl (C=O) groups is 2. The summed E-state index contributed by atoms with van der Waals surface area (Å²) in [4.78, 5) is 24.8. The van der Waals surface area contributed by atoms with E-state index in [1.54, 1.807) is 11.8 Å². The van der Waals surface area contributed by atoms with Crippen LogP contribution in [0.2, 0.25) is 0 Å². The Bertz CT molecular complexity index is 315. The summed E-state index contributed by atoms with van der Waals surface area (Å²) in [6, 6.07) is -0.439. The Hall–Kier alpha value is -1.36. The van der Waals surface area contributed by atoms with Gasteiger partial charge in [-0.15, -0.1) is 0 Å². The average molecular weight is 240 g/mol. The minimum Gasteiger partial charge on any atom is -0.375 e. The fourth-order valence-corrected chi connectivity index (χ4v) is 1.64. The number of hydrogen-bond donors (Lipinski definition) is 1. The quantitative estimate of drug-likeness (QED) is 0.556. The SMILES string of the molecule is C=C(C)COCCN1CCC(=O)NC(C)C1=O. The largest absolute Gasteiger partial charge is 0.375 e. The minimum absolute atomic E-state index is 0.0465. The molecule has 0 aromatic rings. The maximum absolute atomic E-state index is 11.9. The van der Waals surface area contributed by atoms with Crippen molar-refractivity contribution in [3.63, 3.8) is 0 Å². The summed E-state index contributed by atoms with van der Waals surface area (Å²) in [6.07, 6.45) is 0.358. The zero-order chi connectivity index (χ0) is 12.8. The Kier molecular flexibility index (Phi) is 5.15. The van der Waals surface area contributed by atoms with E-state index in [-0.39, 0.29) is 11.8 Å². The lowest BCUT2D eigenvalue weighted by Gasteiger charge is -2.22. The number of carbonyl (C=O) groups excluding carboxylic acids is 2. The molecule has 1 N–H and O–H groups in total. The smallest absolute Gasteiger partial charge is 0.244 e. The van der Waals surface area contributed by atoms with Crippen molar-refractivity contribution in [3.8, 4) is 0 Å². The molecule has 1 aliphatic heterocycles. The third-order valence-corrected chi connectivity index (χ3v) is 2.52. The predicted octanol–water partition coefficient (Wildman–Crippen LogP) is 0.316. The van der Waals surface area contributed by atoms with Crippen molar-refractivity contribution in [2.24, 2.45) is 0 Å². The molecule has 96 valence electrons. The standard InChI is InChI=1S/C12H20N2O3/c1-9(2)8-17-7-6-14-5-4-11(15)13-10(3)12(14)16/h10H,1,4-8H2,2-3H3,(H,13,15). The summed E-state index contributed by atoms with van der Waals surface area (Å²) in [5.41, 5.74) is 0.956. The fraction of sp³-hybridized carbons (Fsp3) is 0.667. The lowest BCUT2D eigenvalue weighted by atomic mass is 10.3. The van der Waals surface area contributed by atoms with Crippen LogP contribution >= 0.6 is 0 Å². The highest BCUT2D eigenvalue weighted by Gasteiger charge is 2.25. The first-order chi connectivity index (χ1) is 8.00. The van der Waals surface area contributed by atoms with E-state index in [1.165, 1.54) is 0 Å². The lowest BCUT2D eigenvalue weighted by molar-refractivity contribution is -0.133. The molecular formula is C12H20N2O3. The summed E-state index contributed by atoms with van der Waals surface area (Å²) in [5.74, 6) is -0.119. The highest BCUT2D eigenvalue weighted by Crippen LogP contribution is 2.03. The number of nitrogens with zero attached hydrogens (tertiary/aromatic N) is 1. The summed E-state index contributed by atoms with van der Waals surface area (Å²) >= 11 is 0. The third-order valence-electron chi connectivity index (χ3n) is 2.52. The summed E-state index contributed by atoms with van der Waals surface area (Å²) in [6.45, 7) is 9.29. The number of amides is 2. The monoisotopic (exact) mass is 240 g/mol. The molecule has 1 saturated heterocycles. The highest BCUT2D eigenvalue weighted by atomic mass is 16.5. The molecule has 1 fully saturated rings. The van der Waals surface area contributed by atoms with Gasteiger partial charge in [0.2, 0.25) is 11.8 Å². The molecule has 0 radical (unpaired) electrons. The van der Waals surface area contributed by atoms with E-state index in [4.69, 9.17) is 4.74 Å². The second kappa shape index (κ2) is 6.39. The fourth-order valence-electron chi connectivity index (χ4n) is 1.64. The van der Waals surface area contributed by atoms with Gasteiger partial charge in [0.25, 0.3) is 0 Å². The van der Waals surface area contributed by atoms with E-state index in [0.717, 1.165) is 5.57 Å². The Labute approximate surface area is 102 Å². The summed E-state index contributed by atoms with van der Waals surface area (Å²) < 4.78 is 5.35. The van der Waals surface area contributed by atoms with E-state index in [9.17, 15) is 9.59 Å². The molecule has 1 aliphatic rings. The summed E-state index contributed by atoms with van der Waals surface area (Å²) in [7, 11) is 0. The van der Waals surface area contributed by atoms with Gasteiger partial charge < -0.3 is 15.0 Å². The molecule has 0 saturated carbocycles. The van der Waals surface area contributed by atoms with Gasteiger partial charge in [0.05, 0.1) is 13.2 Å². The number of hydrogen-bond acceptors (Lipinski definition) is 3. The van der Waals surface area contributed by atoms with E-state index in [1.807, 2.05) is 6.92 Å². The van der Waals surface area contributed by atoms with Crippen LogP contribution in [0.1, 0.15) is 20.3 Å². The first-order valence-electron chi connectivity index (χ1n) is 5.81. The van der Waals surface area contributed by atoms with Crippen LogP contribution in [0.25, 0.3) is 0 Å². The van der Waals surface area contributed by atoms with Crippen molar-refractivity contribution in [1.82, 2.24) is 10.2 Å². The van der Waals surface area contributed by atoms with Crippen molar-refractivity contribution in [1.29, 1.82) is 0 Å². The van der Waals surface area contributed by atoms with Crippen LogP contribution in [0.4, 0.5) is 0 Å². The van der Waals surface area contributed by atoms with Crippen LogP contribution in [0.3, 0.4) is 0 Å². The van der Waals surface area contributed by atoms with Gasteiger partial charge in [-0.3, -0.25) is 9.59 Å². The number of ether oxygens (including phenoxy) is 1. The van der Waals surface area contributed by atoms with Gasteiger partial charge in [0, 0.05) is 19.5 Å². The van der Waals surface area contributed by atoms with E-state index >= 15 is 0 Å². The van der Waals surface area contributed by atoms with Crippen molar-refractivity contribution in [2.45, 2.75) is 26.3 Å². The molecule has 1 unspecified atom stereocenters. The second-order valence-electron chi connectivity index (χ2n) is 4.37. The summed E-state index contributed by atoms with van der Waals surface area (Å²) in [5, 5.41) is 2.65. The molecule has 0 bridgehead atoms. The lowest BCUT2D eigenvalue weighted by Crippen LogP contribution is -2.43. The van der Waals surface area contributed by atoms with E-state index in [2.05, 4.69) is 11.9 Å². The Balaban J connectivity index is 2.38. The molecule has 0 aromatic heterocycles. The van der Waals surface area contributed by atoms with Crippen LogP contribution in [-0.4, -0.2) is 49.1 Å². The zero-order valence-corrected chi connectivity index (χ0v) is 10.5. The van der Waals surface area contributed by atoms with Crippen molar-refractivity contribution in [2.75, 3.05) is 26.3 Å². The van der Waals surface area contributed by atoms with Gasteiger partial charge >= 0.3 is 0 Å². The van der Waals surface area contributed by atoms with E-state index < -0.39 is 6.04 Å². The van der Waals surface area contributed by atoms with E-state index in [0.29, 0.717) is 32.7 Å². The van der Waals surface area contributed by atoms with Crippen molar-refractivity contribution in [3.05, 3.63) is 12.2 Å². The Morgan fingerprint density at radius 2 is 2.29 bits per heavy atom. The minimum atomic E-state index is -0.439. The van der Waals surface area contributed by atoms with Gasteiger partial charge in [-0.05, 0) is 13.8 Å². The average Bonchev–Trinajstić information content (AvgIpc) is 2.36. The van der Waals surface area contributed by atoms with Crippen molar-refractivity contribution >= 4 is 11.8 Å². The first kappa shape index (κ1) is 13.7. The number of rotatable bonds is 5. The van der Waals surface area contributed by atoms with Crippen LogP contribution in [0.15, 0.2) is 12.2 Å². The molecule has 1 rings (SSSR count). The van der Waals surface area contributed by atoms with Crippen LogP contribution in [0, 0.1) is 0 Å². The maximum atomic E-state index is 11.9. The van der Waals surface area contributed by atoms with Gasteiger partial charge in [0.1, 0.15) is 6.04 Å². The third kappa shape index (κ3) is 4.56. The molecule has 0 aliphatic carbocycles. The molecule has 0 spiro atoms. The van der Waals surface area contributed by atoms with Crippen molar-refractivity contribution < 1.29 is 14.3 Å². The van der Waals surface area contributed by atoms with Gasteiger partial charge in [-0.1, -0.05) is 12.2 Å². The zero-order valence-electron chi connectivity index (χ0n) is 10.5. The van der Waals surface area contributed by atoms with Gasteiger partial charge in [-0.2, -0.15) is 0 Å². The predicted molar refractivity (Wildman–Crippen MR) is 64.4 cm³/mol. The van der Waals surface area contributed by atoms with Crippen LogP contribution in [-0.2, 0) is 14.3 Å². The van der Waals surface area contributed by atoms with Gasteiger partial charge in [-0.25, -0.2) is 0 Å². The number of nitrogens with one attached hydrogen (secondary N) is 1. The topological polar surface area (TPSA) is 58.6 Å². The maximum Gasteiger partial charge on any atom is 0.244 e. The van der Waals surface area contributed by atoms with Crippen LogP contribution in [0.5, 0.6) is 0 Å². The molecule has 0 aromatic carbocycles. The second-order valence-corrected chi connectivity index (χ2v) is 4.37. The Morgan fingerprint density at radius 1 is 1.59 bits per heavy atom. The van der Waals surface area contributed by atoms with Gasteiger partial charge in [0.15, 0.2) is 0 Å². The molecule has 5 heteroatoms. The normalized spacial score (nSPS) is 21.1.